The molecule has 0 saturated heterocycles. The highest BCUT2D eigenvalue weighted by atomic mass is 19.1. The molecule has 0 aliphatic carbocycles. The molecule has 1 heterocycles. The minimum Gasteiger partial charge on any atom is -0.497 e. The molecule has 0 spiro atoms. The monoisotopic (exact) mass is 365 g/mol. The Morgan fingerprint density at radius 2 is 1.96 bits per heavy atom. The first kappa shape index (κ1) is 18.4. The zero-order chi connectivity index (χ0) is 19.1. The minimum atomic E-state index is -0.263. The molecule has 3 aromatic rings. The van der Waals surface area contributed by atoms with Gasteiger partial charge in [-0.3, -0.25) is 4.79 Å². The van der Waals surface area contributed by atoms with E-state index in [1.807, 2.05) is 24.3 Å². The Hall–Kier alpha value is -3.41. The Bertz CT molecular complexity index is 913. The number of nitrogens with zero attached hydrogens (tertiary/aromatic N) is 1. The maximum atomic E-state index is 13.6. The summed E-state index contributed by atoms with van der Waals surface area (Å²) in [5, 5.41) is 5.93. The Morgan fingerprint density at radius 1 is 1.11 bits per heavy atom. The molecular formula is C21H20FN3O2. The lowest BCUT2D eigenvalue weighted by atomic mass is 10.1. The molecule has 0 unspecified atom stereocenters. The third kappa shape index (κ3) is 5.04. The Balaban J connectivity index is 1.54. The predicted octanol–water partition coefficient (Wildman–Crippen LogP) is 3.95. The molecule has 138 valence electrons. The number of aromatic nitrogens is 1. The van der Waals surface area contributed by atoms with Crippen LogP contribution in [0.3, 0.4) is 0 Å². The number of nitrogens with one attached hydrogen (secondary N) is 2. The number of methoxy groups -OCH3 is 1. The number of pyridine rings is 1. The van der Waals surface area contributed by atoms with E-state index in [0.29, 0.717) is 29.9 Å². The molecule has 1 amide bonds. The molecular weight excluding hydrogens is 345 g/mol. The number of hydrogen-bond donors (Lipinski definition) is 2. The number of hydrogen-bond acceptors (Lipinski definition) is 4. The molecule has 0 aliphatic heterocycles. The van der Waals surface area contributed by atoms with Crippen molar-refractivity contribution in [1.82, 2.24) is 10.3 Å². The van der Waals surface area contributed by atoms with Gasteiger partial charge in [0.25, 0.3) is 5.91 Å². The first-order valence-corrected chi connectivity index (χ1v) is 8.54. The zero-order valence-electron chi connectivity index (χ0n) is 14.9. The van der Waals surface area contributed by atoms with Gasteiger partial charge in [-0.25, -0.2) is 9.37 Å². The molecule has 0 aliphatic rings. The highest BCUT2D eigenvalue weighted by molar-refractivity contribution is 5.94. The van der Waals surface area contributed by atoms with E-state index in [-0.39, 0.29) is 11.7 Å². The topological polar surface area (TPSA) is 63.2 Å². The van der Waals surface area contributed by atoms with Crippen LogP contribution in [-0.4, -0.2) is 24.5 Å². The summed E-state index contributed by atoms with van der Waals surface area (Å²) in [6.45, 7) is 0.351. The van der Waals surface area contributed by atoms with Gasteiger partial charge in [-0.15, -0.1) is 0 Å². The van der Waals surface area contributed by atoms with Crippen LogP contribution < -0.4 is 15.4 Å². The van der Waals surface area contributed by atoms with E-state index in [1.165, 1.54) is 12.3 Å². The van der Waals surface area contributed by atoms with E-state index in [4.69, 9.17) is 4.74 Å². The lowest BCUT2D eigenvalue weighted by Crippen LogP contribution is -2.26. The molecule has 2 aromatic carbocycles. The van der Waals surface area contributed by atoms with Crippen LogP contribution in [0.25, 0.3) is 0 Å². The van der Waals surface area contributed by atoms with Crippen molar-refractivity contribution in [3.63, 3.8) is 0 Å². The van der Waals surface area contributed by atoms with Crippen LogP contribution in [0.1, 0.15) is 15.9 Å². The summed E-state index contributed by atoms with van der Waals surface area (Å²) in [7, 11) is 1.61. The number of halogens is 1. The maximum Gasteiger partial charge on any atom is 0.252 e. The predicted molar refractivity (Wildman–Crippen MR) is 103 cm³/mol. The first-order chi connectivity index (χ1) is 13.2. The second kappa shape index (κ2) is 8.80. The van der Waals surface area contributed by atoms with Crippen molar-refractivity contribution >= 4 is 17.4 Å². The van der Waals surface area contributed by atoms with Crippen LogP contribution in [0.4, 0.5) is 15.9 Å². The molecule has 0 atom stereocenters. The zero-order valence-corrected chi connectivity index (χ0v) is 14.9. The molecule has 5 nitrogen and oxygen atoms in total. The van der Waals surface area contributed by atoms with Crippen molar-refractivity contribution in [2.24, 2.45) is 0 Å². The number of ether oxygens (including phenoxy) is 1. The van der Waals surface area contributed by atoms with Crippen LogP contribution in [0.2, 0.25) is 0 Å². The Labute approximate surface area is 157 Å². The van der Waals surface area contributed by atoms with Crippen molar-refractivity contribution in [2.75, 3.05) is 19.0 Å². The smallest absolute Gasteiger partial charge is 0.252 e. The van der Waals surface area contributed by atoms with Gasteiger partial charge in [0.05, 0.1) is 12.7 Å². The summed E-state index contributed by atoms with van der Waals surface area (Å²) >= 11 is 0. The fourth-order valence-corrected chi connectivity index (χ4v) is 2.56. The summed E-state index contributed by atoms with van der Waals surface area (Å²) in [6, 6.07) is 17.4. The largest absolute Gasteiger partial charge is 0.497 e. The maximum absolute atomic E-state index is 13.6. The minimum absolute atomic E-state index is 0.244. The van der Waals surface area contributed by atoms with E-state index < -0.39 is 0 Å². The number of rotatable bonds is 7. The van der Waals surface area contributed by atoms with Gasteiger partial charge in [0.15, 0.2) is 0 Å². The van der Waals surface area contributed by atoms with Gasteiger partial charge in [-0.05, 0) is 42.3 Å². The van der Waals surface area contributed by atoms with Gasteiger partial charge in [0.1, 0.15) is 17.4 Å². The van der Waals surface area contributed by atoms with Crippen LogP contribution >= 0.6 is 0 Å². The van der Waals surface area contributed by atoms with Gasteiger partial charge in [-0.1, -0.05) is 24.3 Å². The number of anilines is 2. The number of carbonyl (C=O) groups excluding carboxylic acids is 1. The summed E-state index contributed by atoms with van der Waals surface area (Å²) in [5.74, 6) is 0.852. The first-order valence-electron chi connectivity index (χ1n) is 8.54. The number of amides is 1. The number of benzene rings is 2. The molecule has 0 bridgehead atoms. The van der Waals surface area contributed by atoms with Gasteiger partial charge in [-0.2, -0.15) is 0 Å². The molecule has 3 rings (SSSR count). The quantitative estimate of drug-likeness (QED) is 0.666. The molecule has 0 saturated carbocycles. The lowest BCUT2D eigenvalue weighted by molar-refractivity contribution is 0.0953. The lowest BCUT2D eigenvalue weighted by Gasteiger charge is -2.09. The van der Waals surface area contributed by atoms with Gasteiger partial charge in [0, 0.05) is 24.5 Å². The van der Waals surface area contributed by atoms with E-state index in [1.54, 1.807) is 37.4 Å². The van der Waals surface area contributed by atoms with E-state index in [9.17, 15) is 9.18 Å². The molecule has 0 radical (unpaired) electrons. The van der Waals surface area contributed by atoms with Crippen LogP contribution in [0.5, 0.6) is 5.75 Å². The van der Waals surface area contributed by atoms with Crippen LogP contribution in [0, 0.1) is 5.82 Å². The van der Waals surface area contributed by atoms with Crippen LogP contribution in [-0.2, 0) is 6.42 Å². The van der Waals surface area contributed by atoms with E-state index in [2.05, 4.69) is 15.6 Å². The Kier molecular flexibility index (Phi) is 5.99. The van der Waals surface area contributed by atoms with Gasteiger partial charge < -0.3 is 15.4 Å². The molecule has 2 N–H and O–H groups in total. The van der Waals surface area contributed by atoms with Crippen molar-refractivity contribution in [2.45, 2.75) is 6.42 Å². The summed E-state index contributed by atoms with van der Waals surface area (Å²) < 4.78 is 18.8. The van der Waals surface area contributed by atoms with Crippen molar-refractivity contribution in [3.8, 4) is 5.75 Å². The standard InChI is InChI=1S/C21H20FN3O2/c1-27-18-7-4-6-17(13-18)25-20-10-9-16(14-24-20)21(26)23-12-11-15-5-2-3-8-19(15)22/h2-10,13-14H,11-12H2,1H3,(H,23,26)(H,24,25). The van der Waals surface area contributed by atoms with Gasteiger partial charge >= 0.3 is 0 Å². The van der Waals surface area contributed by atoms with Crippen molar-refractivity contribution in [1.29, 1.82) is 0 Å². The fourth-order valence-electron chi connectivity index (χ4n) is 2.56. The fraction of sp³-hybridized carbons (Fsp3) is 0.143. The summed E-state index contributed by atoms with van der Waals surface area (Å²) in [4.78, 5) is 16.4. The highest BCUT2D eigenvalue weighted by Crippen LogP contribution is 2.20. The van der Waals surface area contributed by atoms with Gasteiger partial charge in [0.2, 0.25) is 0 Å². The van der Waals surface area contributed by atoms with E-state index >= 15 is 0 Å². The molecule has 6 heteroatoms. The molecule has 1 aromatic heterocycles. The highest BCUT2D eigenvalue weighted by Gasteiger charge is 2.07. The second-order valence-corrected chi connectivity index (χ2v) is 5.89. The third-order valence-corrected chi connectivity index (χ3v) is 4.01. The van der Waals surface area contributed by atoms with Crippen molar-refractivity contribution in [3.05, 3.63) is 83.8 Å². The SMILES string of the molecule is COc1cccc(Nc2ccc(C(=O)NCCc3ccccc3F)cn2)c1. The molecule has 0 fully saturated rings. The average molecular weight is 365 g/mol. The summed E-state index contributed by atoms with van der Waals surface area (Å²) in [6.07, 6.45) is 1.93. The third-order valence-electron chi connectivity index (χ3n) is 4.01. The normalized spacial score (nSPS) is 10.3. The summed E-state index contributed by atoms with van der Waals surface area (Å²) in [5.41, 5.74) is 1.86. The Morgan fingerprint density at radius 3 is 2.70 bits per heavy atom. The second-order valence-electron chi connectivity index (χ2n) is 5.89. The average Bonchev–Trinajstić information content (AvgIpc) is 2.70. The van der Waals surface area contributed by atoms with E-state index in [0.717, 1.165) is 11.4 Å². The van der Waals surface area contributed by atoms with Crippen molar-refractivity contribution < 1.29 is 13.9 Å². The molecule has 27 heavy (non-hydrogen) atoms. The number of carbonyl (C=O) groups is 1. The van der Waals surface area contributed by atoms with Crippen LogP contribution in [0.15, 0.2) is 66.9 Å².